The highest BCUT2D eigenvalue weighted by molar-refractivity contribution is 5.91. The third-order valence-electron chi connectivity index (χ3n) is 5.59. The lowest BCUT2D eigenvalue weighted by atomic mass is 9.80. The Morgan fingerprint density at radius 3 is 2.81 bits per heavy atom. The number of allylic oxidation sites excluding steroid dienone is 1. The van der Waals surface area contributed by atoms with E-state index in [1.54, 1.807) is 13.8 Å². The van der Waals surface area contributed by atoms with Gasteiger partial charge in [-0.3, -0.25) is 4.79 Å². The molecule has 6 atom stereocenters. The average Bonchev–Trinajstić information content (AvgIpc) is 2.92. The fraction of sp³-hybridized carbons (Fsp3) is 0.700. The van der Waals surface area contributed by atoms with E-state index in [4.69, 9.17) is 9.47 Å². The van der Waals surface area contributed by atoms with Gasteiger partial charge in [0.25, 0.3) is 0 Å². The van der Waals surface area contributed by atoms with E-state index in [0.29, 0.717) is 31.3 Å². The largest absolute Gasteiger partial charge is 0.461 e. The number of rotatable bonds is 4. The summed E-state index contributed by atoms with van der Waals surface area (Å²) in [6.07, 6.45) is 1.86. The Bertz CT molecular complexity index is 581. The SMILES string of the molecule is C=C1C(=O)O[C@H]2[C@@H]1[C@H](OC(=O)[C@@H](C)CC)C[C@H](CO)CC/C=C(\C)[C@H]2O. The topological polar surface area (TPSA) is 93.1 Å². The number of carbonyl (C=O) groups excluding carboxylic acids is 2. The molecule has 146 valence electrons. The minimum absolute atomic E-state index is 0.0362. The Hall–Kier alpha value is -1.66. The fourth-order valence-electron chi connectivity index (χ4n) is 3.54. The maximum atomic E-state index is 12.4. The molecule has 0 unspecified atom stereocenters. The summed E-state index contributed by atoms with van der Waals surface area (Å²) in [7, 11) is 0. The van der Waals surface area contributed by atoms with Gasteiger partial charge in [0.2, 0.25) is 0 Å². The van der Waals surface area contributed by atoms with Crippen LogP contribution in [0.2, 0.25) is 0 Å². The molecule has 0 aromatic heterocycles. The summed E-state index contributed by atoms with van der Waals surface area (Å²) in [6.45, 7) is 9.26. The molecule has 1 aliphatic heterocycles. The fourth-order valence-corrected chi connectivity index (χ4v) is 3.54. The molecule has 2 N–H and O–H groups in total. The highest BCUT2D eigenvalue weighted by Gasteiger charge is 2.49. The molecule has 26 heavy (non-hydrogen) atoms. The summed E-state index contributed by atoms with van der Waals surface area (Å²) >= 11 is 0. The zero-order chi connectivity index (χ0) is 19.4. The Morgan fingerprint density at radius 1 is 1.50 bits per heavy atom. The quantitative estimate of drug-likeness (QED) is 0.450. The number of ether oxygens (including phenoxy) is 2. The summed E-state index contributed by atoms with van der Waals surface area (Å²) < 4.78 is 11.1. The van der Waals surface area contributed by atoms with Crippen molar-refractivity contribution in [2.24, 2.45) is 17.8 Å². The van der Waals surface area contributed by atoms with E-state index in [1.165, 1.54) is 0 Å². The maximum Gasteiger partial charge on any atom is 0.334 e. The van der Waals surface area contributed by atoms with E-state index in [1.807, 2.05) is 13.0 Å². The third kappa shape index (κ3) is 4.35. The molecule has 0 radical (unpaired) electrons. The number of aliphatic hydroxyl groups excluding tert-OH is 2. The van der Waals surface area contributed by atoms with Gasteiger partial charge >= 0.3 is 11.9 Å². The van der Waals surface area contributed by atoms with Crippen molar-refractivity contribution in [2.75, 3.05) is 6.61 Å². The van der Waals surface area contributed by atoms with Crippen molar-refractivity contribution < 1.29 is 29.3 Å². The second kappa shape index (κ2) is 8.82. The summed E-state index contributed by atoms with van der Waals surface area (Å²) in [6, 6.07) is 0. The highest BCUT2D eigenvalue weighted by atomic mass is 16.6. The van der Waals surface area contributed by atoms with Crippen LogP contribution in [0.25, 0.3) is 0 Å². The lowest BCUT2D eigenvalue weighted by Crippen LogP contribution is -2.42. The van der Waals surface area contributed by atoms with E-state index in [2.05, 4.69) is 6.58 Å². The normalized spacial score (nSPS) is 35.7. The number of hydrogen-bond acceptors (Lipinski definition) is 6. The van der Waals surface area contributed by atoms with Crippen LogP contribution in [0.4, 0.5) is 0 Å². The van der Waals surface area contributed by atoms with Crippen molar-refractivity contribution in [1.29, 1.82) is 0 Å². The molecule has 0 bridgehead atoms. The molecule has 1 fully saturated rings. The monoisotopic (exact) mass is 366 g/mol. The lowest BCUT2D eigenvalue weighted by molar-refractivity contribution is -0.160. The van der Waals surface area contributed by atoms with Crippen LogP contribution in [0, 0.1) is 17.8 Å². The molecular weight excluding hydrogens is 336 g/mol. The molecular formula is C20H30O6. The molecule has 1 saturated heterocycles. The maximum absolute atomic E-state index is 12.4. The van der Waals surface area contributed by atoms with Crippen LogP contribution in [-0.4, -0.2) is 47.1 Å². The van der Waals surface area contributed by atoms with Crippen LogP contribution >= 0.6 is 0 Å². The van der Waals surface area contributed by atoms with Gasteiger partial charge in [-0.25, -0.2) is 4.79 Å². The Balaban J connectivity index is 2.39. The number of aliphatic hydroxyl groups is 2. The van der Waals surface area contributed by atoms with Gasteiger partial charge in [0.15, 0.2) is 0 Å². The van der Waals surface area contributed by atoms with Gasteiger partial charge in [-0.05, 0) is 44.1 Å². The van der Waals surface area contributed by atoms with Crippen LogP contribution in [0.1, 0.15) is 46.5 Å². The molecule has 1 heterocycles. The van der Waals surface area contributed by atoms with Crippen molar-refractivity contribution in [3.63, 3.8) is 0 Å². The van der Waals surface area contributed by atoms with Crippen molar-refractivity contribution >= 4 is 11.9 Å². The van der Waals surface area contributed by atoms with Gasteiger partial charge in [-0.1, -0.05) is 26.5 Å². The molecule has 0 spiro atoms. The van der Waals surface area contributed by atoms with Gasteiger partial charge in [-0.15, -0.1) is 0 Å². The molecule has 6 heteroatoms. The van der Waals surface area contributed by atoms with E-state index in [0.717, 1.165) is 0 Å². The van der Waals surface area contributed by atoms with Crippen molar-refractivity contribution in [3.05, 3.63) is 23.8 Å². The van der Waals surface area contributed by atoms with Crippen molar-refractivity contribution in [1.82, 2.24) is 0 Å². The Labute approximate surface area is 154 Å². The van der Waals surface area contributed by atoms with Crippen LogP contribution in [0.5, 0.6) is 0 Å². The van der Waals surface area contributed by atoms with E-state index in [9.17, 15) is 19.8 Å². The second-order valence-corrected chi connectivity index (χ2v) is 7.46. The number of hydrogen-bond donors (Lipinski definition) is 2. The Kier molecular flexibility index (Phi) is 7.01. The first-order chi connectivity index (χ1) is 12.3. The first-order valence-corrected chi connectivity index (χ1v) is 9.35. The molecule has 0 saturated carbocycles. The van der Waals surface area contributed by atoms with Gasteiger partial charge < -0.3 is 19.7 Å². The molecule has 0 amide bonds. The van der Waals surface area contributed by atoms with Gasteiger partial charge in [-0.2, -0.15) is 0 Å². The second-order valence-electron chi connectivity index (χ2n) is 7.46. The van der Waals surface area contributed by atoms with Crippen LogP contribution in [-0.2, 0) is 19.1 Å². The Morgan fingerprint density at radius 2 is 2.19 bits per heavy atom. The van der Waals surface area contributed by atoms with E-state index in [-0.39, 0.29) is 30.0 Å². The first-order valence-electron chi connectivity index (χ1n) is 9.35. The lowest BCUT2D eigenvalue weighted by Gasteiger charge is -2.33. The van der Waals surface area contributed by atoms with Gasteiger partial charge in [0.1, 0.15) is 18.3 Å². The zero-order valence-corrected chi connectivity index (χ0v) is 15.8. The minimum Gasteiger partial charge on any atom is -0.461 e. The van der Waals surface area contributed by atoms with Crippen LogP contribution in [0.15, 0.2) is 23.8 Å². The summed E-state index contributed by atoms with van der Waals surface area (Å²) in [5, 5.41) is 20.4. The minimum atomic E-state index is -0.973. The molecule has 2 aliphatic rings. The van der Waals surface area contributed by atoms with E-state index >= 15 is 0 Å². The molecule has 1 aliphatic carbocycles. The molecule has 2 rings (SSSR count). The summed E-state index contributed by atoms with van der Waals surface area (Å²) in [5.41, 5.74) is 0.911. The molecule has 0 aromatic carbocycles. The van der Waals surface area contributed by atoms with Crippen molar-refractivity contribution in [3.8, 4) is 0 Å². The smallest absolute Gasteiger partial charge is 0.334 e. The van der Waals surface area contributed by atoms with E-state index < -0.39 is 30.2 Å². The number of esters is 2. The standard InChI is InChI=1S/C20H30O6/c1-5-11(2)19(23)25-15-9-14(10-21)8-6-7-12(3)17(22)18-16(15)13(4)20(24)26-18/h7,11,14-18,21-22H,4-6,8-10H2,1-3H3/b12-7+/t11-,14+,15+,16-,17+,18-/m0/s1. The molecule has 0 aromatic rings. The van der Waals surface area contributed by atoms with Crippen LogP contribution < -0.4 is 0 Å². The zero-order valence-electron chi connectivity index (χ0n) is 15.8. The van der Waals surface area contributed by atoms with Gasteiger partial charge in [0, 0.05) is 12.2 Å². The first kappa shape index (κ1) is 20.6. The summed E-state index contributed by atoms with van der Waals surface area (Å²) in [5.74, 6) is -1.89. The predicted molar refractivity (Wildman–Crippen MR) is 96.0 cm³/mol. The third-order valence-corrected chi connectivity index (χ3v) is 5.59. The van der Waals surface area contributed by atoms with Gasteiger partial charge in [0.05, 0.1) is 11.8 Å². The van der Waals surface area contributed by atoms with Crippen molar-refractivity contribution in [2.45, 2.75) is 64.8 Å². The molecule has 6 nitrogen and oxygen atoms in total. The summed E-state index contributed by atoms with van der Waals surface area (Å²) in [4.78, 5) is 24.5. The predicted octanol–water partition coefficient (Wildman–Crippen LogP) is 2.14. The van der Waals surface area contributed by atoms with Crippen LogP contribution in [0.3, 0.4) is 0 Å². The number of fused-ring (bicyclic) bond motifs is 1. The number of carbonyl (C=O) groups is 2. The average molecular weight is 366 g/mol. The highest BCUT2D eigenvalue weighted by Crippen LogP contribution is 2.38.